The maximum Gasteiger partial charge on any atom is 0.0208 e. The SMILES string of the molecule is CC.CCC1(N2CC3CCCC3C2)CC1. The van der Waals surface area contributed by atoms with Crippen molar-refractivity contribution < 1.29 is 0 Å². The van der Waals surface area contributed by atoms with E-state index in [1.54, 1.807) is 0 Å². The highest BCUT2D eigenvalue weighted by molar-refractivity contribution is 5.06. The lowest BCUT2D eigenvalue weighted by atomic mass is 10.0. The van der Waals surface area contributed by atoms with Gasteiger partial charge in [0, 0.05) is 18.6 Å². The van der Waals surface area contributed by atoms with Crippen LogP contribution >= 0.6 is 0 Å². The Bertz CT molecular complexity index is 195. The first kappa shape index (κ1) is 11.4. The van der Waals surface area contributed by atoms with E-state index in [9.17, 15) is 0 Å². The van der Waals surface area contributed by atoms with Crippen LogP contribution in [0.4, 0.5) is 0 Å². The summed E-state index contributed by atoms with van der Waals surface area (Å²) in [6, 6.07) is 0. The number of rotatable bonds is 2. The molecule has 3 fully saturated rings. The highest BCUT2D eigenvalue weighted by Gasteiger charge is 2.51. The second kappa shape index (κ2) is 4.45. The predicted octanol–water partition coefficient (Wildman–Crippen LogP) is 3.69. The molecule has 0 aromatic carbocycles. The molecule has 2 aliphatic carbocycles. The average Bonchev–Trinajstić information content (AvgIpc) is 2.78. The van der Waals surface area contributed by atoms with Gasteiger partial charge >= 0.3 is 0 Å². The standard InChI is InChI=1S/C12H21N.C2H6/c1-2-12(6-7-12)13-8-10-4-3-5-11(10)9-13;1-2/h10-11H,2-9H2,1H3;1-2H3. The molecule has 0 aromatic heterocycles. The fraction of sp³-hybridized carbons (Fsp3) is 1.00. The second-order valence-electron chi connectivity index (χ2n) is 5.43. The van der Waals surface area contributed by atoms with Gasteiger partial charge in [0.25, 0.3) is 0 Å². The molecule has 3 rings (SSSR count). The van der Waals surface area contributed by atoms with Crippen molar-refractivity contribution in [2.24, 2.45) is 11.8 Å². The Morgan fingerprint density at radius 1 is 1.07 bits per heavy atom. The Kier molecular flexibility index (Phi) is 3.39. The smallest absolute Gasteiger partial charge is 0.0208 e. The number of fused-ring (bicyclic) bond motifs is 1. The molecule has 0 bridgehead atoms. The molecule has 1 aliphatic heterocycles. The zero-order valence-electron chi connectivity index (χ0n) is 10.8. The summed E-state index contributed by atoms with van der Waals surface area (Å²) in [6.07, 6.45) is 8.95. The highest BCUT2D eigenvalue weighted by atomic mass is 15.3. The van der Waals surface area contributed by atoms with Gasteiger partial charge in [-0.1, -0.05) is 27.2 Å². The van der Waals surface area contributed by atoms with Gasteiger partial charge in [0.1, 0.15) is 0 Å². The normalized spacial score (nSPS) is 37.0. The maximum atomic E-state index is 2.83. The van der Waals surface area contributed by atoms with E-state index in [1.165, 1.54) is 51.6 Å². The first-order chi connectivity index (χ1) is 7.34. The minimum absolute atomic E-state index is 0.699. The van der Waals surface area contributed by atoms with Crippen molar-refractivity contribution >= 4 is 0 Å². The number of nitrogens with zero attached hydrogens (tertiary/aromatic N) is 1. The third-order valence-electron chi connectivity index (χ3n) is 4.88. The van der Waals surface area contributed by atoms with Crippen molar-refractivity contribution in [1.82, 2.24) is 4.90 Å². The number of hydrogen-bond acceptors (Lipinski definition) is 1. The van der Waals surface area contributed by atoms with Gasteiger partial charge in [0.15, 0.2) is 0 Å². The zero-order chi connectivity index (χ0) is 10.9. The van der Waals surface area contributed by atoms with E-state index in [4.69, 9.17) is 0 Å². The van der Waals surface area contributed by atoms with Gasteiger partial charge in [-0.25, -0.2) is 0 Å². The molecule has 0 spiro atoms. The molecule has 0 amide bonds. The molecule has 88 valence electrons. The van der Waals surface area contributed by atoms with Gasteiger partial charge in [0.05, 0.1) is 0 Å². The van der Waals surface area contributed by atoms with Crippen molar-refractivity contribution in [1.29, 1.82) is 0 Å². The summed E-state index contributed by atoms with van der Waals surface area (Å²) in [5.41, 5.74) is 0.699. The molecular formula is C14H27N. The fourth-order valence-corrected chi connectivity index (χ4v) is 3.66. The van der Waals surface area contributed by atoms with Gasteiger partial charge in [0.2, 0.25) is 0 Å². The third-order valence-corrected chi connectivity index (χ3v) is 4.88. The lowest BCUT2D eigenvalue weighted by Gasteiger charge is -2.27. The van der Waals surface area contributed by atoms with Crippen molar-refractivity contribution in [3.05, 3.63) is 0 Å². The molecule has 2 unspecified atom stereocenters. The van der Waals surface area contributed by atoms with E-state index < -0.39 is 0 Å². The van der Waals surface area contributed by atoms with Crippen LogP contribution in [0.25, 0.3) is 0 Å². The molecule has 1 heteroatoms. The monoisotopic (exact) mass is 209 g/mol. The maximum absolute atomic E-state index is 2.83. The summed E-state index contributed by atoms with van der Waals surface area (Å²) >= 11 is 0. The minimum atomic E-state index is 0.699. The summed E-state index contributed by atoms with van der Waals surface area (Å²) in [4.78, 5) is 2.83. The van der Waals surface area contributed by atoms with Crippen molar-refractivity contribution in [3.8, 4) is 0 Å². The van der Waals surface area contributed by atoms with E-state index in [0.29, 0.717) is 5.54 Å². The van der Waals surface area contributed by atoms with Crippen LogP contribution in [0.5, 0.6) is 0 Å². The molecule has 3 aliphatic rings. The summed E-state index contributed by atoms with van der Waals surface area (Å²) in [6.45, 7) is 9.26. The second-order valence-corrected chi connectivity index (χ2v) is 5.43. The van der Waals surface area contributed by atoms with Gasteiger partial charge in [-0.05, 0) is 43.9 Å². The van der Waals surface area contributed by atoms with Gasteiger partial charge < -0.3 is 0 Å². The molecule has 1 nitrogen and oxygen atoms in total. The largest absolute Gasteiger partial charge is 0.297 e. The Morgan fingerprint density at radius 2 is 1.60 bits per heavy atom. The molecule has 0 radical (unpaired) electrons. The van der Waals surface area contributed by atoms with Crippen LogP contribution in [0, 0.1) is 11.8 Å². The average molecular weight is 209 g/mol. The summed E-state index contributed by atoms with van der Waals surface area (Å²) < 4.78 is 0. The van der Waals surface area contributed by atoms with Crippen LogP contribution in [0.2, 0.25) is 0 Å². The Labute approximate surface area is 95.2 Å². The summed E-state index contributed by atoms with van der Waals surface area (Å²) in [7, 11) is 0. The molecule has 0 N–H and O–H groups in total. The topological polar surface area (TPSA) is 3.24 Å². The summed E-state index contributed by atoms with van der Waals surface area (Å²) in [5.74, 6) is 2.17. The fourth-order valence-electron chi connectivity index (χ4n) is 3.66. The quantitative estimate of drug-likeness (QED) is 0.670. The van der Waals surface area contributed by atoms with Gasteiger partial charge in [-0.3, -0.25) is 4.90 Å². The molecule has 1 heterocycles. The van der Waals surface area contributed by atoms with E-state index in [-0.39, 0.29) is 0 Å². The van der Waals surface area contributed by atoms with Gasteiger partial charge in [-0.2, -0.15) is 0 Å². The first-order valence-electron chi connectivity index (χ1n) is 7.09. The van der Waals surface area contributed by atoms with Crippen molar-refractivity contribution in [3.63, 3.8) is 0 Å². The number of likely N-dealkylation sites (tertiary alicyclic amines) is 1. The molecular weight excluding hydrogens is 182 g/mol. The number of hydrogen-bond donors (Lipinski definition) is 0. The lowest BCUT2D eigenvalue weighted by molar-refractivity contribution is 0.198. The Balaban J connectivity index is 0.000000404. The van der Waals surface area contributed by atoms with Crippen LogP contribution in [0.3, 0.4) is 0 Å². The van der Waals surface area contributed by atoms with Crippen LogP contribution in [0.15, 0.2) is 0 Å². The molecule has 1 saturated heterocycles. The van der Waals surface area contributed by atoms with Crippen LogP contribution in [0.1, 0.15) is 59.3 Å². The Hall–Kier alpha value is -0.0400. The third kappa shape index (κ3) is 1.95. The first-order valence-corrected chi connectivity index (χ1v) is 7.09. The van der Waals surface area contributed by atoms with E-state index >= 15 is 0 Å². The zero-order valence-corrected chi connectivity index (χ0v) is 10.8. The van der Waals surface area contributed by atoms with Crippen LogP contribution in [-0.2, 0) is 0 Å². The molecule has 15 heavy (non-hydrogen) atoms. The molecule has 0 aromatic rings. The molecule has 2 saturated carbocycles. The van der Waals surface area contributed by atoms with Crippen molar-refractivity contribution in [2.45, 2.75) is 64.8 Å². The lowest BCUT2D eigenvalue weighted by Crippen LogP contribution is -2.35. The van der Waals surface area contributed by atoms with Crippen molar-refractivity contribution in [2.75, 3.05) is 13.1 Å². The van der Waals surface area contributed by atoms with Crippen LogP contribution in [-0.4, -0.2) is 23.5 Å². The van der Waals surface area contributed by atoms with E-state index in [2.05, 4.69) is 11.8 Å². The molecule has 2 atom stereocenters. The minimum Gasteiger partial charge on any atom is -0.297 e. The van der Waals surface area contributed by atoms with E-state index in [0.717, 1.165) is 11.8 Å². The van der Waals surface area contributed by atoms with Gasteiger partial charge in [-0.15, -0.1) is 0 Å². The van der Waals surface area contributed by atoms with Crippen LogP contribution < -0.4 is 0 Å². The highest BCUT2D eigenvalue weighted by Crippen LogP contribution is 2.50. The summed E-state index contributed by atoms with van der Waals surface area (Å²) in [5, 5.41) is 0. The Morgan fingerprint density at radius 3 is 2.00 bits per heavy atom. The van der Waals surface area contributed by atoms with E-state index in [1.807, 2.05) is 13.8 Å². The predicted molar refractivity (Wildman–Crippen MR) is 66.0 cm³/mol.